The highest BCUT2D eigenvalue weighted by molar-refractivity contribution is 5.94. The lowest BCUT2D eigenvalue weighted by Crippen LogP contribution is -2.15. The van der Waals surface area contributed by atoms with E-state index in [1.54, 1.807) is 24.3 Å². The number of rotatable bonds is 18. The van der Waals surface area contributed by atoms with E-state index in [1.807, 2.05) is 0 Å². The number of benzene rings is 1. The molecule has 0 bridgehead atoms. The molecule has 0 radical (unpaired) electrons. The summed E-state index contributed by atoms with van der Waals surface area (Å²) in [6.45, 7) is 4.58. The van der Waals surface area contributed by atoms with Crippen LogP contribution in [0.15, 0.2) is 24.3 Å². The van der Waals surface area contributed by atoms with E-state index in [-0.39, 0.29) is 50.8 Å². The molecule has 1 aromatic rings. The molecule has 1 rings (SSSR count). The molecule has 0 saturated heterocycles. The number of Topliss-reactive ketones (excluding diaryl/α,β-unsaturated/α-hetero) is 2. The first-order valence-corrected chi connectivity index (χ1v) is 10.2. The lowest BCUT2D eigenvalue weighted by molar-refractivity contribution is -0.148. The van der Waals surface area contributed by atoms with Crippen molar-refractivity contribution in [2.75, 3.05) is 52.9 Å². The van der Waals surface area contributed by atoms with E-state index in [9.17, 15) is 19.2 Å². The van der Waals surface area contributed by atoms with Gasteiger partial charge in [-0.1, -0.05) is 0 Å². The quantitative estimate of drug-likeness (QED) is 0.183. The smallest absolute Gasteiger partial charge is 0.313 e. The van der Waals surface area contributed by atoms with Gasteiger partial charge in [-0.3, -0.25) is 19.2 Å². The topological polar surface area (TPSA) is 124 Å². The van der Waals surface area contributed by atoms with Crippen LogP contribution in [-0.4, -0.2) is 76.4 Å². The molecule has 0 amide bonds. The molecule has 0 saturated carbocycles. The van der Waals surface area contributed by atoms with Gasteiger partial charge in [0, 0.05) is 0 Å². The van der Waals surface area contributed by atoms with E-state index in [2.05, 4.69) is 0 Å². The average Bonchev–Trinajstić information content (AvgIpc) is 2.72. The standard InChI is InChI=1S/C22H30O10/c1-17(23)15-21(25)31-13-9-27-7-11-29-19-3-5-20(6-4-19)30-12-8-28-10-14-32-22(26)16-18(2)24/h3-6H,7-16H2,1-2H3. The Morgan fingerprint density at radius 3 is 1.25 bits per heavy atom. The number of esters is 2. The molecule has 0 aromatic heterocycles. The summed E-state index contributed by atoms with van der Waals surface area (Å²) in [5.74, 6) is -0.293. The zero-order valence-electron chi connectivity index (χ0n) is 18.5. The fourth-order valence-corrected chi connectivity index (χ4v) is 2.21. The molecule has 0 spiro atoms. The molecule has 32 heavy (non-hydrogen) atoms. The summed E-state index contributed by atoms with van der Waals surface area (Å²) in [7, 11) is 0. The van der Waals surface area contributed by atoms with Gasteiger partial charge in [-0.2, -0.15) is 0 Å². The predicted octanol–water partition coefficient (Wildman–Crippen LogP) is 1.52. The Bertz CT molecular complexity index is 653. The Balaban J connectivity index is 2.01. The molecule has 178 valence electrons. The number of carbonyl (C=O) groups is 4. The lowest BCUT2D eigenvalue weighted by Gasteiger charge is -2.10. The van der Waals surface area contributed by atoms with Gasteiger partial charge in [0.2, 0.25) is 0 Å². The molecule has 0 unspecified atom stereocenters. The second kappa shape index (κ2) is 16.7. The third-order valence-electron chi connectivity index (χ3n) is 3.58. The summed E-state index contributed by atoms with van der Waals surface area (Å²) < 4.78 is 31.3. The maximum absolute atomic E-state index is 11.2. The molecule has 0 aliphatic carbocycles. The highest BCUT2D eigenvalue weighted by Crippen LogP contribution is 2.17. The van der Waals surface area contributed by atoms with Gasteiger partial charge in [0.1, 0.15) is 62.3 Å². The van der Waals surface area contributed by atoms with Crippen LogP contribution in [0.2, 0.25) is 0 Å². The monoisotopic (exact) mass is 454 g/mol. The Hall–Kier alpha value is -2.98. The van der Waals surface area contributed by atoms with Crippen molar-refractivity contribution in [3.8, 4) is 11.5 Å². The van der Waals surface area contributed by atoms with Crippen molar-refractivity contribution in [2.24, 2.45) is 0 Å². The Labute approximate surface area is 187 Å². The Morgan fingerprint density at radius 1 is 0.562 bits per heavy atom. The summed E-state index contributed by atoms with van der Waals surface area (Å²) in [6, 6.07) is 7.03. The average molecular weight is 454 g/mol. The molecule has 10 heteroatoms. The van der Waals surface area contributed by atoms with Crippen LogP contribution in [-0.2, 0) is 38.1 Å². The molecule has 10 nitrogen and oxygen atoms in total. The van der Waals surface area contributed by atoms with E-state index < -0.39 is 11.9 Å². The van der Waals surface area contributed by atoms with Gasteiger partial charge in [0.25, 0.3) is 0 Å². The van der Waals surface area contributed by atoms with Gasteiger partial charge in [0.05, 0.1) is 26.4 Å². The normalized spacial score (nSPS) is 10.3. The van der Waals surface area contributed by atoms with E-state index >= 15 is 0 Å². The second-order valence-corrected chi connectivity index (χ2v) is 6.59. The van der Waals surface area contributed by atoms with Crippen molar-refractivity contribution < 1.29 is 47.6 Å². The number of hydrogen-bond donors (Lipinski definition) is 0. The minimum absolute atomic E-state index is 0.0902. The minimum Gasteiger partial charge on any atom is -0.491 e. The highest BCUT2D eigenvalue weighted by atomic mass is 16.6. The zero-order chi connectivity index (χ0) is 23.6. The van der Waals surface area contributed by atoms with Crippen LogP contribution >= 0.6 is 0 Å². The number of carbonyl (C=O) groups excluding carboxylic acids is 4. The van der Waals surface area contributed by atoms with Gasteiger partial charge in [0.15, 0.2) is 0 Å². The molecule has 1 aromatic carbocycles. The molecule has 0 atom stereocenters. The van der Waals surface area contributed by atoms with E-state index in [0.717, 1.165) is 0 Å². The van der Waals surface area contributed by atoms with Crippen LogP contribution in [0.5, 0.6) is 11.5 Å². The fraction of sp³-hybridized carbons (Fsp3) is 0.545. The van der Waals surface area contributed by atoms with Gasteiger partial charge in [-0.15, -0.1) is 0 Å². The first kappa shape index (κ1) is 27.1. The first-order chi connectivity index (χ1) is 15.4. The number of ether oxygens (including phenoxy) is 6. The van der Waals surface area contributed by atoms with Gasteiger partial charge >= 0.3 is 11.9 Å². The highest BCUT2D eigenvalue weighted by Gasteiger charge is 2.06. The van der Waals surface area contributed by atoms with Crippen LogP contribution in [0, 0.1) is 0 Å². The van der Waals surface area contributed by atoms with E-state index in [4.69, 9.17) is 28.4 Å². The van der Waals surface area contributed by atoms with E-state index in [0.29, 0.717) is 37.9 Å². The van der Waals surface area contributed by atoms with Crippen LogP contribution in [0.4, 0.5) is 0 Å². The summed E-state index contributed by atoms with van der Waals surface area (Å²) in [4.78, 5) is 43.8. The molecule has 0 aliphatic rings. The van der Waals surface area contributed by atoms with Crippen LogP contribution in [0.25, 0.3) is 0 Å². The van der Waals surface area contributed by atoms with E-state index in [1.165, 1.54) is 13.8 Å². The Morgan fingerprint density at radius 2 is 0.906 bits per heavy atom. The van der Waals surface area contributed by atoms with Crippen LogP contribution in [0.1, 0.15) is 26.7 Å². The van der Waals surface area contributed by atoms with Crippen molar-refractivity contribution in [3.05, 3.63) is 24.3 Å². The van der Waals surface area contributed by atoms with Gasteiger partial charge < -0.3 is 28.4 Å². The van der Waals surface area contributed by atoms with Crippen molar-refractivity contribution in [3.63, 3.8) is 0 Å². The fourth-order valence-electron chi connectivity index (χ4n) is 2.21. The molecule has 0 aliphatic heterocycles. The Kier molecular flexibility index (Phi) is 14.1. The van der Waals surface area contributed by atoms with Crippen molar-refractivity contribution in [1.82, 2.24) is 0 Å². The maximum Gasteiger partial charge on any atom is 0.313 e. The molecular formula is C22H30O10. The third kappa shape index (κ3) is 14.9. The van der Waals surface area contributed by atoms with Crippen molar-refractivity contribution >= 4 is 23.5 Å². The molecule has 0 N–H and O–H groups in total. The predicted molar refractivity (Wildman–Crippen MR) is 112 cm³/mol. The largest absolute Gasteiger partial charge is 0.491 e. The van der Waals surface area contributed by atoms with Gasteiger partial charge in [-0.25, -0.2) is 0 Å². The summed E-state index contributed by atoms with van der Waals surface area (Å²) in [5, 5.41) is 0. The molecular weight excluding hydrogens is 424 g/mol. The van der Waals surface area contributed by atoms with Gasteiger partial charge in [-0.05, 0) is 38.1 Å². The minimum atomic E-state index is -0.558. The second-order valence-electron chi connectivity index (χ2n) is 6.59. The first-order valence-electron chi connectivity index (χ1n) is 10.2. The number of ketones is 2. The van der Waals surface area contributed by atoms with Crippen molar-refractivity contribution in [2.45, 2.75) is 26.7 Å². The third-order valence-corrected chi connectivity index (χ3v) is 3.58. The molecule has 0 fully saturated rings. The zero-order valence-corrected chi connectivity index (χ0v) is 18.5. The summed E-state index contributed by atoms with van der Waals surface area (Å²) in [6.07, 6.45) is -0.452. The van der Waals surface area contributed by atoms with Crippen molar-refractivity contribution in [1.29, 1.82) is 0 Å². The summed E-state index contributed by atoms with van der Waals surface area (Å²) in [5.41, 5.74) is 0. The molecule has 0 heterocycles. The summed E-state index contributed by atoms with van der Waals surface area (Å²) >= 11 is 0. The lowest BCUT2D eigenvalue weighted by atomic mass is 10.3. The SMILES string of the molecule is CC(=O)CC(=O)OCCOCCOc1ccc(OCCOCCOC(=O)CC(C)=O)cc1. The number of hydrogen-bond acceptors (Lipinski definition) is 10. The van der Waals surface area contributed by atoms with Crippen LogP contribution < -0.4 is 9.47 Å². The van der Waals surface area contributed by atoms with Crippen LogP contribution in [0.3, 0.4) is 0 Å². The maximum atomic E-state index is 11.2.